The molecule has 1 heterocycles. The first-order valence-corrected chi connectivity index (χ1v) is 11.7. The van der Waals surface area contributed by atoms with Crippen LogP contribution in [0.5, 0.6) is 5.75 Å². The molecule has 0 saturated carbocycles. The zero-order valence-electron chi connectivity index (χ0n) is 21.2. The molecular weight excluding hydrogens is 431 g/mol. The minimum Gasteiger partial charge on any atom is -0.491 e. The molecular formula is C26H35BN2O5. The molecule has 0 unspecified atom stereocenters. The zero-order valence-corrected chi connectivity index (χ0v) is 21.2. The van der Waals surface area contributed by atoms with Gasteiger partial charge in [0.2, 0.25) is 0 Å². The van der Waals surface area contributed by atoms with Crippen LogP contribution in [0.25, 0.3) is 0 Å². The standard InChI is InChI=1S/C26H35BN2O5/c1-8-22(26(5,6)7)29(25(31)19-14-16(2)13-17(3)15-19)28-24(30)20-9-10-21-23(18(20)4)33-11-12-34-27(21)32/h9-10,13-15,22,32H,8,11-12H2,1-7H3,(H,28,30)/t22-/m1/s1. The second kappa shape index (κ2) is 10.2. The van der Waals surface area contributed by atoms with Gasteiger partial charge in [0.15, 0.2) is 0 Å². The summed E-state index contributed by atoms with van der Waals surface area (Å²) in [5.41, 5.74) is 6.56. The molecule has 0 radical (unpaired) electrons. The molecule has 7 nitrogen and oxygen atoms in total. The third-order valence-corrected chi connectivity index (χ3v) is 6.16. The first kappa shape index (κ1) is 25.8. The first-order chi connectivity index (χ1) is 15.9. The Morgan fingerprint density at radius 3 is 2.35 bits per heavy atom. The van der Waals surface area contributed by atoms with Gasteiger partial charge in [0.05, 0.1) is 12.6 Å². The average Bonchev–Trinajstić information content (AvgIpc) is 2.93. The Hall–Kier alpha value is -2.84. The van der Waals surface area contributed by atoms with Crippen molar-refractivity contribution in [2.75, 3.05) is 13.2 Å². The van der Waals surface area contributed by atoms with E-state index < -0.39 is 13.0 Å². The van der Waals surface area contributed by atoms with Crippen LogP contribution in [0.1, 0.15) is 71.5 Å². The molecule has 2 amide bonds. The molecule has 3 rings (SSSR count). The average molecular weight is 466 g/mol. The Balaban J connectivity index is 2.00. The van der Waals surface area contributed by atoms with Gasteiger partial charge < -0.3 is 14.4 Å². The molecule has 2 aromatic rings. The maximum absolute atomic E-state index is 13.7. The van der Waals surface area contributed by atoms with Gasteiger partial charge in [0.25, 0.3) is 11.8 Å². The highest BCUT2D eigenvalue weighted by Crippen LogP contribution is 2.28. The van der Waals surface area contributed by atoms with Gasteiger partial charge in [0.1, 0.15) is 12.4 Å². The number of hydrogen-bond acceptors (Lipinski definition) is 5. The number of carbonyl (C=O) groups is 2. The van der Waals surface area contributed by atoms with E-state index in [2.05, 4.69) is 26.2 Å². The number of amides is 2. The Morgan fingerprint density at radius 2 is 1.76 bits per heavy atom. The van der Waals surface area contributed by atoms with E-state index in [4.69, 9.17) is 9.39 Å². The molecule has 1 atom stereocenters. The van der Waals surface area contributed by atoms with Crippen molar-refractivity contribution in [3.05, 3.63) is 58.1 Å². The number of aryl methyl sites for hydroxylation is 2. The molecule has 0 fully saturated rings. The molecule has 34 heavy (non-hydrogen) atoms. The molecule has 0 bridgehead atoms. The maximum Gasteiger partial charge on any atom is 0.495 e. The summed E-state index contributed by atoms with van der Waals surface area (Å²) in [7, 11) is -1.11. The van der Waals surface area contributed by atoms with Gasteiger partial charge in [-0.05, 0) is 50.8 Å². The Bertz CT molecular complexity index is 1060. The van der Waals surface area contributed by atoms with Gasteiger partial charge in [-0.15, -0.1) is 0 Å². The van der Waals surface area contributed by atoms with Crippen LogP contribution in [-0.2, 0) is 4.65 Å². The quantitative estimate of drug-likeness (QED) is 0.533. The maximum atomic E-state index is 13.7. The van der Waals surface area contributed by atoms with Crippen molar-refractivity contribution in [2.24, 2.45) is 5.41 Å². The Kier molecular flexibility index (Phi) is 7.73. The summed E-state index contributed by atoms with van der Waals surface area (Å²) >= 11 is 0. The summed E-state index contributed by atoms with van der Waals surface area (Å²) < 4.78 is 11.1. The van der Waals surface area contributed by atoms with E-state index in [1.54, 1.807) is 19.1 Å². The zero-order chi connectivity index (χ0) is 25.2. The number of nitrogens with zero attached hydrogens (tertiary/aromatic N) is 1. The van der Waals surface area contributed by atoms with Crippen molar-refractivity contribution in [3.63, 3.8) is 0 Å². The summed E-state index contributed by atoms with van der Waals surface area (Å²) in [6, 6.07) is 8.71. The molecule has 0 spiro atoms. The lowest BCUT2D eigenvalue weighted by molar-refractivity contribution is 0.0284. The molecule has 0 aromatic heterocycles. The SMILES string of the molecule is CC[C@@H](N(NC(=O)c1ccc2c(c1C)OCCOB2O)C(=O)c1cc(C)cc(C)c1)C(C)(C)C. The smallest absolute Gasteiger partial charge is 0.491 e. The van der Waals surface area contributed by atoms with Crippen LogP contribution >= 0.6 is 0 Å². The van der Waals surface area contributed by atoms with Crippen molar-refractivity contribution in [2.45, 2.75) is 60.9 Å². The molecule has 1 aliphatic heterocycles. The van der Waals surface area contributed by atoms with E-state index >= 15 is 0 Å². The summed E-state index contributed by atoms with van der Waals surface area (Å²) in [5.74, 6) is -0.230. The molecule has 8 heteroatoms. The highest BCUT2D eigenvalue weighted by molar-refractivity contribution is 6.61. The number of benzene rings is 2. The lowest BCUT2D eigenvalue weighted by atomic mass is 9.77. The monoisotopic (exact) mass is 466 g/mol. The van der Waals surface area contributed by atoms with Crippen molar-refractivity contribution in [1.29, 1.82) is 0 Å². The van der Waals surface area contributed by atoms with Crippen molar-refractivity contribution >= 4 is 24.4 Å². The van der Waals surface area contributed by atoms with E-state index in [-0.39, 0.29) is 30.6 Å². The highest BCUT2D eigenvalue weighted by Gasteiger charge is 2.35. The molecule has 182 valence electrons. The summed E-state index contributed by atoms with van der Waals surface area (Å²) in [6.45, 7) is 14.4. The lowest BCUT2D eigenvalue weighted by Crippen LogP contribution is -2.56. The predicted octanol–water partition coefficient (Wildman–Crippen LogP) is 3.32. The van der Waals surface area contributed by atoms with Crippen LogP contribution < -0.4 is 15.6 Å². The topological polar surface area (TPSA) is 88.1 Å². The van der Waals surface area contributed by atoms with Crippen LogP contribution in [-0.4, -0.2) is 48.2 Å². The van der Waals surface area contributed by atoms with E-state index in [9.17, 15) is 14.6 Å². The summed E-state index contributed by atoms with van der Waals surface area (Å²) in [4.78, 5) is 27.2. The number of nitrogens with one attached hydrogen (secondary N) is 1. The summed E-state index contributed by atoms with van der Waals surface area (Å²) in [5, 5.41) is 11.7. The minimum absolute atomic E-state index is 0.239. The van der Waals surface area contributed by atoms with E-state index in [0.717, 1.165) is 11.1 Å². The van der Waals surface area contributed by atoms with E-state index in [0.29, 0.717) is 34.3 Å². The van der Waals surface area contributed by atoms with Gasteiger partial charge in [0, 0.05) is 22.2 Å². The lowest BCUT2D eigenvalue weighted by Gasteiger charge is -2.39. The fourth-order valence-corrected chi connectivity index (χ4v) is 4.60. The van der Waals surface area contributed by atoms with Crippen LogP contribution in [0.15, 0.2) is 30.3 Å². The van der Waals surface area contributed by atoms with Crippen LogP contribution in [0.4, 0.5) is 0 Å². The van der Waals surface area contributed by atoms with Crippen LogP contribution in [0.2, 0.25) is 0 Å². The molecule has 2 N–H and O–H groups in total. The Labute approximate surface area is 202 Å². The van der Waals surface area contributed by atoms with Crippen molar-refractivity contribution < 1.29 is 24.0 Å². The normalized spacial score (nSPS) is 14.5. The van der Waals surface area contributed by atoms with Crippen LogP contribution in [0.3, 0.4) is 0 Å². The molecule has 2 aromatic carbocycles. The van der Waals surface area contributed by atoms with Gasteiger partial charge in [-0.2, -0.15) is 0 Å². The highest BCUT2D eigenvalue weighted by atomic mass is 16.6. The second-order valence-electron chi connectivity index (χ2n) is 10.0. The number of fused-ring (bicyclic) bond motifs is 1. The van der Waals surface area contributed by atoms with Crippen molar-refractivity contribution in [1.82, 2.24) is 10.4 Å². The van der Waals surface area contributed by atoms with Gasteiger partial charge in [-0.25, -0.2) is 5.01 Å². The van der Waals surface area contributed by atoms with Gasteiger partial charge in [-0.3, -0.25) is 15.0 Å². The van der Waals surface area contributed by atoms with E-state index in [1.807, 2.05) is 39.0 Å². The first-order valence-electron chi connectivity index (χ1n) is 11.7. The van der Waals surface area contributed by atoms with Gasteiger partial charge >= 0.3 is 7.12 Å². The number of carbonyl (C=O) groups excluding carboxylic acids is 2. The number of ether oxygens (including phenoxy) is 1. The fraction of sp³-hybridized carbons (Fsp3) is 0.462. The summed E-state index contributed by atoms with van der Waals surface area (Å²) in [6.07, 6.45) is 0.663. The Morgan fingerprint density at radius 1 is 1.12 bits per heavy atom. The second-order valence-corrected chi connectivity index (χ2v) is 10.0. The molecule has 1 aliphatic rings. The number of hydrogen-bond donors (Lipinski definition) is 2. The van der Waals surface area contributed by atoms with Crippen LogP contribution in [0, 0.1) is 26.2 Å². The van der Waals surface area contributed by atoms with Crippen molar-refractivity contribution in [3.8, 4) is 5.75 Å². The third-order valence-electron chi connectivity index (χ3n) is 6.16. The number of hydrazine groups is 1. The predicted molar refractivity (Wildman–Crippen MR) is 133 cm³/mol. The molecule has 0 saturated heterocycles. The van der Waals surface area contributed by atoms with E-state index in [1.165, 1.54) is 5.01 Å². The van der Waals surface area contributed by atoms with Gasteiger partial charge in [-0.1, -0.05) is 51.0 Å². The fourth-order valence-electron chi connectivity index (χ4n) is 4.60. The number of rotatable bonds is 4. The minimum atomic E-state index is -1.11. The largest absolute Gasteiger partial charge is 0.495 e. The molecule has 0 aliphatic carbocycles. The third kappa shape index (κ3) is 5.45.